The first-order chi connectivity index (χ1) is 11.4. The van der Waals surface area contributed by atoms with Crippen molar-refractivity contribution in [1.82, 2.24) is 10.2 Å². The molecule has 0 aromatic heterocycles. The van der Waals surface area contributed by atoms with Crippen molar-refractivity contribution < 1.29 is 17.9 Å². The highest BCUT2D eigenvalue weighted by molar-refractivity contribution is 5.29. The third kappa shape index (κ3) is 5.11. The predicted molar refractivity (Wildman–Crippen MR) is 86.9 cm³/mol. The summed E-state index contributed by atoms with van der Waals surface area (Å²) < 4.78 is 40.5. The summed E-state index contributed by atoms with van der Waals surface area (Å²) in [5, 5.41) is 3.66. The molecule has 1 aliphatic heterocycles. The zero-order valence-corrected chi connectivity index (χ0v) is 14.0. The molecule has 1 aromatic carbocycles. The average Bonchev–Trinajstić information content (AvgIpc) is 3.36. The summed E-state index contributed by atoms with van der Waals surface area (Å²) in [6.07, 6.45) is 0.370. The number of nitrogens with zero attached hydrogens (tertiary/aromatic N) is 1. The van der Waals surface area contributed by atoms with Crippen LogP contribution in [0.1, 0.15) is 44.2 Å². The highest BCUT2D eigenvalue weighted by atomic mass is 19.4. The molecule has 2 aliphatic rings. The first kappa shape index (κ1) is 17.5. The second-order valence-corrected chi connectivity index (χ2v) is 6.95. The Morgan fingerprint density at radius 2 is 1.75 bits per heavy atom. The van der Waals surface area contributed by atoms with Crippen molar-refractivity contribution in [1.29, 1.82) is 0 Å². The van der Waals surface area contributed by atoms with Gasteiger partial charge >= 0.3 is 6.36 Å². The van der Waals surface area contributed by atoms with E-state index >= 15 is 0 Å². The van der Waals surface area contributed by atoms with Crippen molar-refractivity contribution in [2.45, 2.75) is 51.1 Å². The van der Waals surface area contributed by atoms with Crippen molar-refractivity contribution in [2.75, 3.05) is 19.6 Å². The minimum atomic E-state index is -4.64. The number of rotatable bonds is 6. The first-order valence-corrected chi connectivity index (χ1v) is 8.74. The van der Waals surface area contributed by atoms with E-state index in [4.69, 9.17) is 0 Å². The second kappa shape index (κ2) is 7.31. The average molecular weight is 342 g/mol. The zero-order chi connectivity index (χ0) is 17.2. The lowest BCUT2D eigenvalue weighted by atomic mass is 10.00. The summed E-state index contributed by atoms with van der Waals surface area (Å²) >= 11 is 0. The number of halogens is 3. The Bertz CT molecular complexity index is 520. The number of nitrogens with one attached hydrogen (secondary N) is 1. The summed E-state index contributed by atoms with van der Waals surface area (Å²) in [5.74, 6) is 0.737. The maximum absolute atomic E-state index is 12.2. The van der Waals surface area contributed by atoms with Gasteiger partial charge in [-0.1, -0.05) is 12.1 Å². The van der Waals surface area contributed by atoms with Gasteiger partial charge in [0, 0.05) is 25.2 Å². The van der Waals surface area contributed by atoms with Gasteiger partial charge in [-0.3, -0.25) is 4.90 Å². The molecule has 1 N–H and O–H groups in total. The molecule has 2 fully saturated rings. The minimum Gasteiger partial charge on any atom is -0.406 e. The number of benzene rings is 1. The molecule has 0 amide bonds. The molecule has 1 aromatic rings. The smallest absolute Gasteiger partial charge is 0.406 e. The van der Waals surface area contributed by atoms with E-state index < -0.39 is 6.36 Å². The highest BCUT2D eigenvalue weighted by Crippen LogP contribution is 2.30. The molecule has 24 heavy (non-hydrogen) atoms. The molecule has 134 valence electrons. The fourth-order valence-corrected chi connectivity index (χ4v) is 3.31. The number of likely N-dealkylation sites (tertiary alicyclic amines) is 1. The predicted octanol–water partition coefficient (Wildman–Crippen LogP) is 4.11. The normalized spacial score (nSPS) is 21.7. The number of piperidine rings is 1. The maximum atomic E-state index is 12.2. The van der Waals surface area contributed by atoms with Gasteiger partial charge in [0.25, 0.3) is 0 Å². The number of alkyl halides is 3. The maximum Gasteiger partial charge on any atom is 0.573 e. The molecular weight excluding hydrogens is 317 g/mol. The van der Waals surface area contributed by atoms with E-state index in [0.717, 1.165) is 44.0 Å². The Balaban J connectivity index is 1.48. The van der Waals surface area contributed by atoms with Gasteiger partial charge < -0.3 is 10.1 Å². The molecule has 3 nitrogen and oxygen atoms in total. The summed E-state index contributed by atoms with van der Waals surface area (Å²) in [6.45, 7) is 5.30. The van der Waals surface area contributed by atoms with E-state index in [1.165, 1.54) is 25.0 Å². The molecule has 0 radical (unpaired) electrons. The SMILES string of the molecule is CC(c1ccc(OC(F)(F)F)cc1)N1CCC(NCC2CC2)CC1. The number of ether oxygens (including phenoxy) is 1. The first-order valence-electron chi connectivity index (χ1n) is 8.74. The van der Waals surface area contributed by atoms with E-state index in [-0.39, 0.29) is 11.8 Å². The molecule has 1 saturated heterocycles. The van der Waals surface area contributed by atoms with Crippen LogP contribution in [0, 0.1) is 5.92 Å². The van der Waals surface area contributed by atoms with Crippen molar-refractivity contribution >= 4 is 0 Å². The third-order valence-electron chi connectivity index (χ3n) is 5.07. The molecule has 1 saturated carbocycles. The van der Waals surface area contributed by atoms with Crippen molar-refractivity contribution in [3.05, 3.63) is 29.8 Å². The van der Waals surface area contributed by atoms with Crippen LogP contribution in [0.15, 0.2) is 24.3 Å². The Hall–Kier alpha value is -1.27. The summed E-state index contributed by atoms with van der Waals surface area (Å²) in [7, 11) is 0. The summed E-state index contributed by atoms with van der Waals surface area (Å²) in [4.78, 5) is 2.40. The molecule has 0 spiro atoms. The summed E-state index contributed by atoms with van der Waals surface area (Å²) in [5.41, 5.74) is 1.02. The van der Waals surface area contributed by atoms with Crippen LogP contribution in [0.3, 0.4) is 0 Å². The van der Waals surface area contributed by atoms with Gasteiger partial charge in [0.2, 0.25) is 0 Å². The number of hydrogen-bond acceptors (Lipinski definition) is 3. The molecule has 1 unspecified atom stereocenters. The highest BCUT2D eigenvalue weighted by Gasteiger charge is 2.31. The van der Waals surface area contributed by atoms with Crippen molar-refractivity contribution in [3.8, 4) is 5.75 Å². The Morgan fingerprint density at radius 3 is 2.29 bits per heavy atom. The lowest BCUT2D eigenvalue weighted by Crippen LogP contribution is -2.43. The van der Waals surface area contributed by atoms with Crippen LogP contribution in [0.5, 0.6) is 5.75 Å². The Kier molecular flexibility index (Phi) is 5.35. The van der Waals surface area contributed by atoms with Crippen molar-refractivity contribution in [3.63, 3.8) is 0 Å². The van der Waals surface area contributed by atoms with Gasteiger partial charge in [-0.05, 0) is 62.8 Å². The van der Waals surface area contributed by atoms with Gasteiger partial charge in [-0.25, -0.2) is 0 Å². The van der Waals surface area contributed by atoms with Crippen LogP contribution in [-0.2, 0) is 0 Å². The molecule has 1 atom stereocenters. The van der Waals surface area contributed by atoms with Gasteiger partial charge in [0.1, 0.15) is 5.75 Å². The molecule has 1 heterocycles. The standard InChI is InChI=1S/C18H25F3N2O/c1-13(15-4-6-17(7-5-15)24-18(19,20)21)23-10-8-16(9-11-23)22-12-14-2-3-14/h4-7,13-14,16,22H,2-3,8-12H2,1H3. The largest absolute Gasteiger partial charge is 0.573 e. The molecule has 3 rings (SSSR count). The third-order valence-corrected chi connectivity index (χ3v) is 5.07. The van der Waals surface area contributed by atoms with E-state index in [2.05, 4.69) is 21.9 Å². The quantitative estimate of drug-likeness (QED) is 0.842. The van der Waals surface area contributed by atoms with Crippen LogP contribution in [0.2, 0.25) is 0 Å². The molecular formula is C18H25F3N2O. The fraction of sp³-hybridized carbons (Fsp3) is 0.667. The second-order valence-electron chi connectivity index (χ2n) is 6.95. The van der Waals surface area contributed by atoms with Crippen LogP contribution in [-0.4, -0.2) is 36.9 Å². The van der Waals surface area contributed by atoms with Crippen LogP contribution < -0.4 is 10.1 Å². The van der Waals surface area contributed by atoms with E-state index in [0.29, 0.717) is 6.04 Å². The van der Waals surface area contributed by atoms with Crippen molar-refractivity contribution in [2.24, 2.45) is 5.92 Å². The lowest BCUT2D eigenvalue weighted by molar-refractivity contribution is -0.274. The fourth-order valence-electron chi connectivity index (χ4n) is 3.31. The topological polar surface area (TPSA) is 24.5 Å². The van der Waals surface area contributed by atoms with E-state index in [1.54, 1.807) is 12.1 Å². The molecule has 6 heteroatoms. The van der Waals surface area contributed by atoms with Crippen LogP contribution >= 0.6 is 0 Å². The van der Waals surface area contributed by atoms with E-state index in [9.17, 15) is 13.2 Å². The Labute approximate surface area is 141 Å². The Morgan fingerprint density at radius 1 is 1.12 bits per heavy atom. The summed E-state index contributed by atoms with van der Waals surface area (Å²) in [6, 6.07) is 7.05. The van der Waals surface area contributed by atoms with Gasteiger partial charge in [0.15, 0.2) is 0 Å². The zero-order valence-electron chi connectivity index (χ0n) is 14.0. The van der Waals surface area contributed by atoms with Gasteiger partial charge in [-0.15, -0.1) is 13.2 Å². The van der Waals surface area contributed by atoms with Crippen LogP contribution in [0.25, 0.3) is 0 Å². The lowest BCUT2D eigenvalue weighted by Gasteiger charge is -2.36. The number of hydrogen-bond donors (Lipinski definition) is 1. The van der Waals surface area contributed by atoms with Crippen LogP contribution in [0.4, 0.5) is 13.2 Å². The molecule has 0 bridgehead atoms. The van der Waals surface area contributed by atoms with Gasteiger partial charge in [-0.2, -0.15) is 0 Å². The van der Waals surface area contributed by atoms with Gasteiger partial charge in [0.05, 0.1) is 0 Å². The van der Waals surface area contributed by atoms with E-state index in [1.807, 2.05) is 0 Å². The monoisotopic (exact) mass is 342 g/mol. The molecule has 1 aliphatic carbocycles. The minimum absolute atomic E-state index is 0.165.